The lowest BCUT2D eigenvalue weighted by molar-refractivity contribution is -0.116. The normalized spacial score (nSPS) is 12.2. The van der Waals surface area contributed by atoms with E-state index in [0.717, 1.165) is 5.56 Å². The van der Waals surface area contributed by atoms with Crippen LogP contribution in [0.1, 0.15) is 44.1 Å². The van der Waals surface area contributed by atoms with Crippen molar-refractivity contribution in [3.63, 3.8) is 0 Å². The van der Waals surface area contributed by atoms with E-state index in [2.05, 4.69) is 15.1 Å². The van der Waals surface area contributed by atoms with E-state index in [0.29, 0.717) is 22.1 Å². The van der Waals surface area contributed by atoms with Gasteiger partial charge in [-0.2, -0.15) is 5.10 Å². The summed E-state index contributed by atoms with van der Waals surface area (Å²) in [5.41, 5.74) is 2.13. The molecular weight excluding hydrogens is 400 g/mol. The van der Waals surface area contributed by atoms with Crippen molar-refractivity contribution in [3.8, 4) is 0 Å². The van der Waals surface area contributed by atoms with E-state index in [9.17, 15) is 13.2 Å². The Morgan fingerprint density at radius 3 is 2.39 bits per heavy atom. The molecule has 2 rings (SSSR count). The standard InChI is InChI=1S/C19H27ClN4O3S/c1-12-7-8-16(15(20)11-12)22-17(25)9-10-21-28(26,27)18-13(2)23-24(14(18)3)19(4,5)6/h7-8,11,21H,9-10H2,1-6H3,(H,22,25). The maximum atomic E-state index is 12.7. The molecular formula is C19H27ClN4O3S. The molecule has 2 N–H and O–H groups in total. The third kappa shape index (κ3) is 5.12. The number of aryl methyl sites for hydroxylation is 2. The largest absolute Gasteiger partial charge is 0.325 e. The first-order valence-corrected chi connectivity index (χ1v) is 10.8. The van der Waals surface area contributed by atoms with E-state index in [4.69, 9.17) is 11.6 Å². The van der Waals surface area contributed by atoms with Crippen molar-refractivity contribution in [1.29, 1.82) is 0 Å². The van der Waals surface area contributed by atoms with E-state index in [1.54, 1.807) is 30.7 Å². The molecule has 0 spiro atoms. The molecule has 1 amide bonds. The molecule has 0 radical (unpaired) electrons. The maximum Gasteiger partial charge on any atom is 0.244 e. The molecule has 0 unspecified atom stereocenters. The highest BCUT2D eigenvalue weighted by Crippen LogP contribution is 2.25. The molecule has 1 heterocycles. The molecule has 28 heavy (non-hydrogen) atoms. The number of anilines is 1. The zero-order valence-electron chi connectivity index (χ0n) is 17.1. The van der Waals surface area contributed by atoms with Crippen LogP contribution in [0.15, 0.2) is 23.1 Å². The van der Waals surface area contributed by atoms with Crippen LogP contribution in [0.3, 0.4) is 0 Å². The van der Waals surface area contributed by atoms with Crippen LogP contribution in [0.4, 0.5) is 5.69 Å². The van der Waals surface area contributed by atoms with Crippen LogP contribution in [0.25, 0.3) is 0 Å². The lowest BCUT2D eigenvalue weighted by atomic mass is 10.1. The number of hydrogen-bond acceptors (Lipinski definition) is 4. The Morgan fingerprint density at radius 1 is 1.21 bits per heavy atom. The van der Waals surface area contributed by atoms with Crippen molar-refractivity contribution in [2.75, 3.05) is 11.9 Å². The van der Waals surface area contributed by atoms with Gasteiger partial charge in [0.1, 0.15) is 4.90 Å². The first-order valence-electron chi connectivity index (χ1n) is 8.95. The zero-order valence-corrected chi connectivity index (χ0v) is 18.6. The Morgan fingerprint density at radius 2 is 1.86 bits per heavy atom. The number of hydrogen-bond donors (Lipinski definition) is 2. The molecule has 0 fully saturated rings. The summed E-state index contributed by atoms with van der Waals surface area (Å²) < 4.78 is 29.6. The second-order valence-corrected chi connectivity index (χ2v) is 9.87. The molecule has 9 heteroatoms. The minimum atomic E-state index is -3.78. The van der Waals surface area contributed by atoms with Gasteiger partial charge in [0, 0.05) is 13.0 Å². The predicted molar refractivity (Wildman–Crippen MR) is 111 cm³/mol. The van der Waals surface area contributed by atoms with Gasteiger partial charge in [0.2, 0.25) is 15.9 Å². The van der Waals surface area contributed by atoms with Gasteiger partial charge in [0.25, 0.3) is 0 Å². The maximum absolute atomic E-state index is 12.7. The third-order valence-corrected chi connectivity index (χ3v) is 6.20. The average molecular weight is 427 g/mol. The molecule has 0 bridgehead atoms. The molecule has 0 aliphatic heterocycles. The lowest BCUT2D eigenvalue weighted by Crippen LogP contribution is -2.29. The minimum absolute atomic E-state index is 0.0189. The van der Waals surface area contributed by atoms with Gasteiger partial charge in [-0.15, -0.1) is 0 Å². The summed E-state index contributed by atoms with van der Waals surface area (Å²) in [7, 11) is -3.78. The average Bonchev–Trinajstić information content (AvgIpc) is 2.85. The second-order valence-electron chi connectivity index (χ2n) is 7.76. The van der Waals surface area contributed by atoms with Crippen molar-refractivity contribution in [2.45, 2.75) is 58.4 Å². The fourth-order valence-corrected chi connectivity index (χ4v) is 4.68. The number of benzene rings is 1. The van der Waals surface area contributed by atoms with E-state index in [1.807, 2.05) is 33.8 Å². The van der Waals surface area contributed by atoms with Gasteiger partial charge in [-0.1, -0.05) is 17.7 Å². The highest BCUT2D eigenvalue weighted by atomic mass is 35.5. The molecule has 7 nitrogen and oxygen atoms in total. The fraction of sp³-hybridized carbons (Fsp3) is 0.474. The fourth-order valence-electron chi connectivity index (χ4n) is 2.98. The number of nitrogens with one attached hydrogen (secondary N) is 2. The van der Waals surface area contributed by atoms with Crippen LogP contribution in [-0.4, -0.2) is 30.7 Å². The van der Waals surface area contributed by atoms with Gasteiger partial charge in [-0.3, -0.25) is 9.48 Å². The summed E-state index contributed by atoms with van der Waals surface area (Å²) in [5, 5.41) is 7.49. The first-order chi connectivity index (χ1) is 12.8. The summed E-state index contributed by atoms with van der Waals surface area (Å²) in [6.07, 6.45) is -0.0189. The van der Waals surface area contributed by atoms with E-state index < -0.39 is 10.0 Å². The second kappa shape index (κ2) is 8.23. The van der Waals surface area contributed by atoms with E-state index >= 15 is 0 Å². The summed E-state index contributed by atoms with van der Waals surface area (Å²) >= 11 is 6.10. The third-order valence-electron chi connectivity index (χ3n) is 4.17. The smallest absolute Gasteiger partial charge is 0.244 e. The number of rotatable bonds is 6. The van der Waals surface area contributed by atoms with Gasteiger partial charge in [0.15, 0.2) is 0 Å². The Labute approximate surface area is 171 Å². The molecule has 1 aromatic heterocycles. The van der Waals surface area contributed by atoms with E-state index in [-0.39, 0.29) is 29.3 Å². The Hall–Kier alpha value is -1.90. The molecule has 0 saturated heterocycles. The van der Waals surface area contributed by atoms with Crippen molar-refractivity contribution < 1.29 is 13.2 Å². The van der Waals surface area contributed by atoms with Gasteiger partial charge in [-0.05, 0) is 59.2 Å². The molecule has 1 aromatic carbocycles. The summed E-state index contributed by atoms with van der Waals surface area (Å²) in [4.78, 5) is 12.3. The Bertz CT molecular complexity index is 991. The lowest BCUT2D eigenvalue weighted by Gasteiger charge is -2.21. The van der Waals surface area contributed by atoms with Crippen molar-refractivity contribution in [1.82, 2.24) is 14.5 Å². The molecule has 0 aliphatic carbocycles. The van der Waals surface area contributed by atoms with Gasteiger partial charge in [0.05, 0.1) is 27.6 Å². The molecule has 2 aromatic rings. The minimum Gasteiger partial charge on any atom is -0.325 e. The number of amides is 1. The highest BCUT2D eigenvalue weighted by Gasteiger charge is 2.28. The van der Waals surface area contributed by atoms with Crippen LogP contribution < -0.4 is 10.0 Å². The van der Waals surface area contributed by atoms with Gasteiger partial charge in [-0.25, -0.2) is 13.1 Å². The quantitative estimate of drug-likeness (QED) is 0.738. The molecule has 154 valence electrons. The van der Waals surface area contributed by atoms with Gasteiger partial charge < -0.3 is 5.32 Å². The van der Waals surface area contributed by atoms with Crippen molar-refractivity contribution in [3.05, 3.63) is 40.2 Å². The van der Waals surface area contributed by atoms with Crippen LogP contribution in [0, 0.1) is 20.8 Å². The number of aromatic nitrogens is 2. The molecule has 0 saturated carbocycles. The van der Waals surface area contributed by atoms with Crippen LogP contribution >= 0.6 is 11.6 Å². The topological polar surface area (TPSA) is 93.1 Å². The van der Waals surface area contributed by atoms with Crippen molar-refractivity contribution in [2.24, 2.45) is 0 Å². The SMILES string of the molecule is Cc1ccc(NC(=O)CCNS(=O)(=O)c2c(C)nn(C(C)(C)C)c2C)c(Cl)c1. The van der Waals surface area contributed by atoms with Crippen LogP contribution in [0.5, 0.6) is 0 Å². The summed E-state index contributed by atoms with van der Waals surface area (Å²) in [6.45, 7) is 11.1. The van der Waals surface area contributed by atoms with Crippen molar-refractivity contribution >= 4 is 33.2 Å². The monoisotopic (exact) mass is 426 g/mol. The number of nitrogens with zero attached hydrogens (tertiary/aromatic N) is 2. The number of halogens is 1. The molecule has 0 aliphatic rings. The molecule has 0 atom stereocenters. The van der Waals surface area contributed by atoms with Crippen LogP contribution in [-0.2, 0) is 20.4 Å². The number of carbonyl (C=O) groups is 1. The van der Waals surface area contributed by atoms with Crippen LogP contribution in [0.2, 0.25) is 5.02 Å². The summed E-state index contributed by atoms with van der Waals surface area (Å²) in [6, 6.07) is 5.30. The predicted octanol–water partition coefficient (Wildman–Crippen LogP) is 3.52. The zero-order chi connectivity index (χ0) is 21.3. The summed E-state index contributed by atoms with van der Waals surface area (Å²) in [5.74, 6) is -0.327. The number of sulfonamides is 1. The van der Waals surface area contributed by atoms with Gasteiger partial charge >= 0.3 is 0 Å². The Kier molecular flexibility index (Phi) is 6.58. The first kappa shape index (κ1) is 22.4. The number of carbonyl (C=O) groups excluding carboxylic acids is 1. The van der Waals surface area contributed by atoms with E-state index in [1.165, 1.54) is 0 Å². The Balaban J connectivity index is 2.04. The highest BCUT2D eigenvalue weighted by molar-refractivity contribution is 7.89.